The predicted octanol–water partition coefficient (Wildman–Crippen LogP) is 2.18. The summed E-state index contributed by atoms with van der Waals surface area (Å²) in [6.45, 7) is 0. The molecule has 3 rings (SSSR count). The van der Waals surface area contributed by atoms with Gasteiger partial charge in [-0.2, -0.15) is 0 Å². The largest absolute Gasteiger partial charge is 0.398 e. The van der Waals surface area contributed by atoms with E-state index >= 15 is 0 Å². The first kappa shape index (κ1) is 11.6. The molecule has 3 aromatic rings. The summed E-state index contributed by atoms with van der Waals surface area (Å²) >= 11 is 0. The minimum absolute atomic E-state index is 0.219. The van der Waals surface area contributed by atoms with E-state index in [-0.39, 0.29) is 6.42 Å². The van der Waals surface area contributed by atoms with Gasteiger partial charge >= 0.3 is 0 Å². The predicted molar refractivity (Wildman–Crippen MR) is 66.6 cm³/mol. The zero-order valence-electron chi connectivity index (χ0n) is 9.85. The number of anilines is 1. The summed E-state index contributed by atoms with van der Waals surface area (Å²) in [5.41, 5.74) is 7.25. The Kier molecular flexibility index (Phi) is 2.63. The SMILES string of the molecule is Nc1ccc2nnc(Cc3ccc(F)cc3F)n2c1. The lowest BCUT2D eigenvalue weighted by Crippen LogP contribution is -2.00. The van der Waals surface area contributed by atoms with Crippen molar-refractivity contribution in [2.45, 2.75) is 6.42 Å². The number of nitrogens with two attached hydrogens (primary N) is 1. The first-order valence-electron chi connectivity index (χ1n) is 5.66. The van der Waals surface area contributed by atoms with E-state index in [4.69, 9.17) is 5.73 Å². The number of benzene rings is 1. The lowest BCUT2D eigenvalue weighted by Gasteiger charge is -2.03. The smallest absolute Gasteiger partial charge is 0.160 e. The van der Waals surface area contributed by atoms with Gasteiger partial charge in [-0.05, 0) is 23.8 Å². The molecule has 0 atom stereocenters. The molecular formula is C13H10F2N4. The highest BCUT2D eigenvalue weighted by atomic mass is 19.1. The Balaban J connectivity index is 2.03. The molecule has 0 saturated carbocycles. The molecule has 0 radical (unpaired) electrons. The molecule has 1 aromatic carbocycles. The van der Waals surface area contributed by atoms with E-state index < -0.39 is 11.6 Å². The fourth-order valence-corrected chi connectivity index (χ4v) is 1.91. The molecule has 0 unspecified atom stereocenters. The average Bonchev–Trinajstić information content (AvgIpc) is 2.75. The van der Waals surface area contributed by atoms with Crippen LogP contribution in [-0.2, 0) is 6.42 Å². The standard InChI is InChI=1S/C13H10F2N4/c14-9-2-1-8(11(15)6-9)5-13-18-17-12-4-3-10(16)7-19(12)13/h1-4,6-7H,5,16H2. The summed E-state index contributed by atoms with van der Waals surface area (Å²) < 4.78 is 28.1. The summed E-state index contributed by atoms with van der Waals surface area (Å²) in [6, 6.07) is 6.92. The average molecular weight is 260 g/mol. The van der Waals surface area contributed by atoms with Crippen LogP contribution in [0, 0.1) is 11.6 Å². The van der Waals surface area contributed by atoms with Gasteiger partial charge in [0.25, 0.3) is 0 Å². The van der Waals surface area contributed by atoms with Crippen molar-refractivity contribution in [2.24, 2.45) is 0 Å². The van der Waals surface area contributed by atoms with Crippen LogP contribution in [0.25, 0.3) is 5.65 Å². The maximum Gasteiger partial charge on any atom is 0.160 e. The Labute approximate surface area is 107 Å². The lowest BCUT2D eigenvalue weighted by molar-refractivity contribution is 0.573. The van der Waals surface area contributed by atoms with Gasteiger partial charge in [-0.1, -0.05) is 6.07 Å². The van der Waals surface area contributed by atoms with Gasteiger partial charge in [0.1, 0.15) is 17.5 Å². The maximum absolute atomic E-state index is 13.6. The van der Waals surface area contributed by atoms with Gasteiger partial charge in [-0.25, -0.2) is 8.78 Å². The second-order valence-electron chi connectivity index (χ2n) is 4.22. The molecule has 0 fully saturated rings. The number of hydrogen-bond donors (Lipinski definition) is 1. The van der Waals surface area contributed by atoms with Crippen LogP contribution in [-0.4, -0.2) is 14.6 Å². The van der Waals surface area contributed by atoms with E-state index in [1.165, 1.54) is 12.1 Å². The van der Waals surface area contributed by atoms with Crippen molar-refractivity contribution in [3.05, 3.63) is 59.6 Å². The number of aromatic nitrogens is 3. The first-order valence-corrected chi connectivity index (χ1v) is 5.66. The normalized spacial score (nSPS) is 11.1. The molecule has 0 spiro atoms. The van der Waals surface area contributed by atoms with Crippen LogP contribution >= 0.6 is 0 Å². The Hall–Kier alpha value is -2.50. The number of rotatable bonds is 2. The third kappa shape index (κ3) is 2.12. The molecule has 2 aromatic heterocycles. The fourth-order valence-electron chi connectivity index (χ4n) is 1.91. The Morgan fingerprint density at radius 2 is 1.95 bits per heavy atom. The van der Waals surface area contributed by atoms with Gasteiger partial charge in [0.2, 0.25) is 0 Å². The number of nitrogens with zero attached hydrogens (tertiary/aromatic N) is 3. The van der Waals surface area contributed by atoms with Crippen molar-refractivity contribution in [1.82, 2.24) is 14.6 Å². The van der Waals surface area contributed by atoms with E-state index in [0.717, 1.165) is 6.07 Å². The summed E-state index contributed by atoms with van der Waals surface area (Å²) in [5.74, 6) is -0.648. The zero-order chi connectivity index (χ0) is 13.4. The highest BCUT2D eigenvalue weighted by Crippen LogP contribution is 2.15. The highest BCUT2D eigenvalue weighted by molar-refractivity contribution is 5.47. The molecule has 6 heteroatoms. The zero-order valence-corrected chi connectivity index (χ0v) is 9.85. The molecule has 0 amide bonds. The molecule has 96 valence electrons. The second kappa shape index (κ2) is 4.31. The Morgan fingerprint density at radius 1 is 1.11 bits per heavy atom. The first-order chi connectivity index (χ1) is 9.13. The quantitative estimate of drug-likeness (QED) is 0.768. The summed E-state index contributed by atoms with van der Waals surface area (Å²) in [4.78, 5) is 0. The Bertz CT molecular complexity index is 751. The van der Waals surface area contributed by atoms with Crippen LogP contribution < -0.4 is 5.73 Å². The van der Waals surface area contributed by atoms with Gasteiger partial charge in [0.15, 0.2) is 5.65 Å². The summed E-state index contributed by atoms with van der Waals surface area (Å²) in [5, 5.41) is 7.96. The summed E-state index contributed by atoms with van der Waals surface area (Å²) in [6.07, 6.45) is 1.89. The van der Waals surface area contributed by atoms with Gasteiger partial charge in [0, 0.05) is 24.4 Å². The van der Waals surface area contributed by atoms with Crippen LogP contribution in [0.4, 0.5) is 14.5 Å². The number of fused-ring (bicyclic) bond motifs is 1. The van der Waals surface area contributed by atoms with Crippen LogP contribution in [0.5, 0.6) is 0 Å². The van der Waals surface area contributed by atoms with Gasteiger partial charge in [0.05, 0.1) is 0 Å². The fraction of sp³-hybridized carbons (Fsp3) is 0.0769. The van der Waals surface area contributed by atoms with Gasteiger partial charge in [-0.15, -0.1) is 10.2 Å². The molecule has 19 heavy (non-hydrogen) atoms. The molecule has 2 N–H and O–H groups in total. The third-order valence-corrected chi connectivity index (χ3v) is 2.86. The minimum atomic E-state index is -0.600. The van der Waals surface area contributed by atoms with Crippen LogP contribution in [0.3, 0.4) is 0 Å². The van der Waals surface area contributed by atoms with E-state index in [0.29, 0.717) is 22.7 Å². The van der Waals surface area contributed by atoms with Crippen LogP contribution in [0.15, 0.2) is 36.5 Å². The number of nitrogen functional groups attached to an aromatic ring is 1. The summed E-state index contributed by atoms with van der Waals surface area (Å²) in [7, 11) is 0. The third-order valence-electron chi connectivity index (χ3n) is 2.86. The van der Waals surface area contributed by atoms with Gasteiger partial charge in [-0.3, -0.25) is 4.40 Å². The number of halogens is 2. The van der Waals surface area contributed by atoms with E-state index in [2.05, 4.69) is 10.2 Å². The second-order valence-corrected chi connectivity index (χ2v) is 4.22. The van der Waals surface area contributed by atoms with Crippen molar-refractivity contribution in [3.63, 3.8) is 0 Å². The highest BCUT2D eigenvalue weighted by Gasteiger charge is 2.10. The van der Waals surface area contributed by atoms with Gasteiger partial charge < -0.3 is 5.73 Å². The van der Waals surface area contributed by atoms with E-state index in [1.807, 2.05) is 0 Å². The van der Waals surface area contributed by atoms with Crippen molar-refractivity contribution < 1.29 is 8.78 Å². The lowest BCUT2D eigenvalue weighted by atomic mass is 10.1. The molecule has 0 bridgehead atoms. The van der Waals surface area contributed by atoms with Crippen LogP contribution in [0.1, 0.15) is 11.4 Å². The molecule has 2 heterocycles. The monoisotopic (exact) mass is 260 g/mol. The maximum atomic E-state index is 13.6. The van der Waals surface area contributed by atoms with E-state index in [9.17, 15) is 8.78 Å². The topological polar surface area (TPSA) is 56.2 Å². The molecule has 0 aliphatic rings. The number of pyridine rings is 1. The molecule has 4 nitrogen and oxygen atoms in total. The van der Waals surface area contributed by atoms with Crippen molar-refractivity contribution in [1.29, 1.82) is 0 Å². The molecule has 0 saturated heterocycles. The van der Waals surface area contributed by atoms with Crippen molar-refractivity contribution >= 4 is 11.3 Å². The van der Waals surface area contributed by atoms with E-state index in [1.54, 1.807) is 22.7 Å². The minimum Gasteiger partial charge on any atom is -0.398 e. The molecular weight excluding hydrogens is 250 g/mol. The van der Waals surface area contributed by atoms with Crippen molar-refractivity contribution in [3.8, 4) is 0 Å². The van der Waals surface area contributed by atoms with Crippen LogP contribution in [0.2, 0.25) is 0 Å². The molecule has 0 aliphatic heterocycles. The Morgan fingerprint density at radius 3 is 2.74 bits per heavy atom. The molecule has 0 aliphatic carbocycles. The number of hydrogen-bond acceptors (Lipinski definition) is 3. The van der Waals surface area contributed by atoms with Crippen molar-refractivity contribution in [2.75, 3.05) is 5.73 Å².